The van der Waals surface area contributed by atoms with Gasteiger partial charge in [0.1, 0.15) is 5.69 Å². The molecule has 3 nitrogen and oxygen atoms in total. The van der Waals surface area contributed by atoms with Crippen LogP contribution in [0.4, 0.5) is 5.69 Å². The van der Waals surface area contributed by atoms with E-state index in [1.54, 1.807) is 24.3 Å². The highest BCUT2D eigenvalue weighted by atomic mass is 16.3. The molecule has 0 amide bonds. The van der Waals surface area contributed by atoms with Crippen molar-refractivity contribution in [3.05, 3.63) is 34.7 Å². The predicted molar refractivity (Wildman–Crippen MR) is 39.8 cm³/mol. The van der Waals surface area contributed by atoms with Gasteiger partial charge in [-0.25, -0.2) is 0 Å². The summed E-state index contributed by atoms with van der Waals surface area (Å²) in [5.74, 6) is 0. The van der Waals surface area contributed by atoms with E-state index in [0.29, 0.717) is 11.3 Å². The van der Waals surface area contributed by atoms with Gasteiger partial charge in [-0.05, 0) is 11.2 Å². The van der Waals surface area contributed by atoms with E-state index in [-0.39, 0.29) is 0 Å². The molecule has 1 rings (SSSR count). The fourth-order valence-electron chi connectivity index (χ4n) is 0.693. The molecule has 0 heterocycles. The van der Waals surface area contributed by atoms with Gasteiger partial charge in [0.05, 0.1) is 0 Å². The lowest BCUT2D eigenvalue weighted by Gasteiger charge is -1.91. The van der Waals surface area contributed by atoms with Gasteiger partial charge in [0.15, 0.2) is 0 Å². The third kappa shape index (κ3) is 1.07. The monoisotopic (exact) mass is 134 g/mol. The lowest BCUT2D eigenvalue weighted by Crippen LogP contribution is -1.77. The third-order valence-corrected chi connectivity index (χ3v) is 1.19. The van der Waals surface area contributed by atoms with Crippen LogP contribution in [0.1, 0.15) is 5.56 Å². The van der Waals surface area contributed by atoms with Crippen molar-refractivity contribution in [2.75, 3.05) is 0 Å². The van der Waals surface area contributed by atoms with Crippen LogP contribution in [0.3, 0.4) is 0 Å². The van der Waals surface area contributed by atoms with Crippen LogP contribution in [-0.2, 0) is 0 Å². The Balaban J connectivity index is 3.20. The first-order valence-corrected chi connectivity index (χ1v) is 2.81. The Kier molecular flexibility index (Phi) is 1.89. The molecule has 1 aromatic rings. The molecule has 3 heteroatoms. The Morgan fingerprint density at radius 3 is 2.60 bits per heavy atom. The Morgan fingerprint density at radius 2 is 2.10 bits per heavy atom. The van der Waals surface area contributed by atoms with Crippen molar-refractivity contribution in [2.24, 2.45) is 5.18 Å². The van der Waals surface area contributed by atoms with Gasteiger partial charge >= 0.3 is 0 Å². The first-order chi connectivity index (χ1) is 4.88. The zero-order valence-electron chi connectivity index (χ0n) is 5.24. The summed E-state index contributed by atoms with van der Waals surface area (Å²) >= 11 is 0. The summed E-state index contributed by atoms with van der Waals surface area (Å²) in [6, 6.07) is 6.72. The molecule has 0 aromatic heterocycles. The van der Waals surface area contributed by atoms with Gasteiger partial charge in [0.2, 0.25) is 0 Å². The molecule has 0 radical (unpaired) electrons. The molecule has 0 spiro atoms. The smallest absolute Gasteiger partial charge is 0.116 e. The van der Waals surface area contributed by atoms with Crippen LogP contribution in [0.15, 0.2) is 29.4 Å². The highest BCUT2D eigenvalue weighted by molar-refractivity contribution is 5.84. The fourth-order valence-corrected chi connectivity index (χ4v) is 0.693. The highest BCUT2D eigenvalue weighted by Crippen LogP contribution is 2.14. The molecule has 0 saturated carbocycles. The number of nitrogens with zero attached hydrogens (tertiary/aromatic N) is 1. The number of hydrogen-bond donors (Lipinski definition) is 1. The van der Waals surface area contributed by atoms with E-state index < -0.39 is 0 Å². The molecule has 0 atom stereocenters. The first-order valence-electron chi connectivity index (χ1n) is 2.81. The Labute approximate surface area is 58.2 Å². The maximum atomic E-state index is 10.0. The third-order valence-electron chi connectivity index (χ3n) is 1.19. The topological polar surface area (TPSA) is 53.3 Å². The standard InChI is InChI=1S/C7H6N2O/c8-5-6-3-1-2-4-7(6)9-10/h1-5,8H. The Bertz CT molecular complexity index is 231. The number of nitroso groups, excluding NO2 is 1. The van der Waals surface area contributed by atoms with E-state index in [1.165, 1.54) is 0 Å². The van der Waals surface area contributed by atoms with Gasteiger partial charge in [-0.3, -0.25) is 0 Å². The molecular formula is C7H6N2O. The van der Waals surface area contributed by atoms with Crippen molar-refractivity contribution >= 4 is 11.9 Å². The summed E-state index contributed by atoms with van der Waals surface area (Å²) in [6.07, 6.45) is 1.11. The van der Waals surface area contributed by atoms with Crippen molar-refractivity contribution in [3.63, 3.8) is 0 Å². The second kappa shape index (κ2) is 2.87. The zero-order chi connectivity index (χ0) is 7.40. The lowest BCUT2D eigenvalue weighted by atomic mass is 10.2. The van der Waals surface area contributed by atoms with E-state index in [9.17, 15) is 4.91 Å². The van der Waals surface area contributed by atoms with Crippen LogP contribution in [0.25, 0.3) is 0 Å². The van der Waals surface area contributed by atoms with Gasteiger partial charge in [-0.15, -0.1) is 4.91 Å². The van der Waals surface area contributed by atoms with Crippen LogP contribution < -0.4 is 0 Å². The maximum Gasteiger partial charge on any atom is 0.116 e. The average molecular weight is 134 g/mol. The minimum Gasteiger partial charge on any atom is -0.308 e. The summed E-state index contributed by atoms with van der Waals surface area (Å²) in [7, 11) is 0. The van der Waals surface area contributed by atoms with E-state index in [0.717, 1.165) is 6.21 Å². The van der Waals surface area contributed by atoms with E-state index in [2.05, 4.69) is 5.18 Å². The summed E-state index contributed by atoms with van der Waals surface area (Å²) in [5.41, 5.74) is 0.870. The van der Waals surface area contributed by atoms with Crippen molar-refractivity contribution in [2.45, 2.75) is 0 Å². The maximum absolute atomic E-state index is 10.0. The number of benzene rings is 1. The van der Waals surface area contributed by atoms with Crippen molar-refractivity contribution in [1.29, 1.82) is 5.41 Å². The summed E-state index contributed by atoms with van der Waals surface area (Å²) in [4.78, 5) is 10.0. The largest absolute Gasteiger partial charge is 0.308 e. The van der Waals surface area contributed by atoms with Gasteiger partial charge < -0.3 is 5.41 Å². The van der Waals surface area contributed by atoms with E-state index in [1.807, 2.05) is 0 Å². The molecule has 0 unspecified atom stereocenters. The minimum atomic E-state index is 0.317. The van der Waals surface area contributed by atoms with Gasteiger partial charge in [-0.1, -0.05) is 18.2 Å². The highest BCUT2D eigenvalue weighted by Gasteiger charge is 1.95. The second-order valence-electron chi connectivity index (χ2n) is 1.79. The molecule has 0 aliphatic carbocycles. The molecule has 10 heavy (non-hydrogen) atoms. The zero-order valence-corrected chi connectivity index (χ0v) is 5.24. The summed E-state index contributed by atoms with van der Waals surface area (Å²) < 4.78 is 0. The van der Waals surface area contributed by atoms with Crippen LogP contribution in [0, 0.1) is 10.3 Å². The summed E-state index contributed by atoms with van der Waals surface area (Å²) in [5, 5.41) is 9.60. The van der Waals surface area contributed by atoms with Crippen LogP contribution in [0.2, 0.25) is 0 Å². The van der Waals surface area contributed by atoms with Crippen LogP contribution in [-0.4, -0.2) is 6.21 Å². The number of nitrogens with one attached hydrogen (secondary N) is 1. The first kappa shape index (κ1) is 6.61. The molecule has 0 saturated heterocycles. The average Bonchev–Trinajstić information content (AvgIpc) is 2.04. The van der Waals surface area contributed by atoms with Crippen molar-refractivity contribution in [3.8, 4) is 0 Å². The molecule has 0 aliphatic heterocycles. The van der Waals surface area contributed by atoms with Gasteiger partial charge in [-0.2, -0.15) is 0 Å². The molecule has 50 valence electrons. The molecule has 1 aromatic carbocycles. The Morgan fingerprint density at radius 1 is 1.40 bits per heavy atom. The van der Waals surface area contributed by atoms with E-state index in [4.69, 9.17) is 5.41 Å². The Hall–Kier alpha value is -1.51. The SMILES string of the molecule is N=Cc1ccccc1N=O. The normalized spacial score (nSPS) is 8.80. The van der Waals surface area contributed by atoms with Crippen molar-refractivity contribution < 1.29 is 0 Å². The molecule has 0 fully saturated rings. The number of hydrogen-bond acceptors (Lipinski definition) is 3. The minimum absolute atomic E-state index is 0.317. The van der Waals surface area contributed by atoms with Gasteiger partial charge in [0, 0.05) is 11.8 Å². The lowest BCUT2D eigenvalue weighted by molar-refractivity contribution is 1.46. The predicted octanol–water partition coefficient (Wildman–Crippen LogP) is 2.08. The van der Waals surface area contributed by atoms with Gasteiger partial charge in [0.25, 0.3) is 0 Å². The van der Waals surface area contributed by atoms with E-state index >= 15 is 0 Å². The van der Waals surface area contributed by atoms with Crippen molar-refractivity contribution in [1.82, 2.24) is 0 Å². The van der Waals surface area contributed by atoms with Crippen LogP contribution >= 0.6 is 0 Å². The fraction of sp³-hybridized carbons (Fsp3) is 0. The molecular weight excluding hydrogens is 128 g/mol. The second-order valence-corrected chi connectivity index (χ2v) is 1.79. The quantitative estimate of drug-likeness (QED) is 0.488. The molecule has 0 aliphatic rings. The van der Waals surface area contributed by atoms with Crippen LogP contribution in [0.5, 0.6) is 0 Å². The summed E-state index contributed by atoms with van der Waals surface area (Å²) in [6.45, 7) is 0. The number of rotatable bonds is 2. The molecule has 1 N–H and O–H groups in total. The molecule has 0 bridgehead atoms.